The minimum atomic E-state index is 0.707. The molecule has 3 aromatic rings. The second-order valence-electron chi connectivity index (χ2n) is 6.78. The summed E-state index contributed by atoms with van der Waals surface area (Å²) in [6, 6.07) is 23.2. The van der Waals surface area contributed by atoms with Crippen LogP contribution in [0.15, 0.2) is 102 Å². The molecule has 0 aliphatic rings. The summed E-state index contributed by atoms with van der Waals surface area (Å²) in [7, 11) is 2.13. The Morgan fingerprint density at radius 1 is 0.964 bits per heavy atom. The molecule has 1 heterocycles. The van der Waals surface area contributed by atoms with Crippen LogP contribution in [-0.4, -0.2) is 14.1 Å². The lowest BCUT2D eigenvalue weighted by atomic mass is 9.91. The monoisotopic (exact) mass is 365 g/mol. The summed E-state index contributed by atoms with van der Waals surface area (Å²) in [5.41, 5.74) is 6.19. The fourth-order valence-electron chi connectivity index (χ4n) is 3.05. The van der Waals surface area contributed by atoms with Crippen LogP contribution in [0.25, 0.3) is 5.57 Å². The standard InChI is InChI=1S/C25H26BN2/c1-2-8-22(13-16-27-19-24-11-6-7-12-25(24)26)23-14-17-28(18-15-23)20-21-9-4-3-5-10-21/h2-18H,19-20,26H2,1H3/q+1/b8-2-,22-13+,27-16+. The number of allylic oxidation sites excluding steroid dienone is 4. The first-order valence-corrected chi connectivity index (χ1v) is 9.67. The van der Waals surface area contributed by atoms with Gasteiger partial charge in [-0.15, -0.1) is 0 Å². The molecular formula is C25H26BN2+. The molecule has 1 aromatic heterocycles. The number of rotatable bonds is 7. The van der Waals surface area contributed by atoms with Crippen molar-refractivity contribution in [2.75, 3.05) is 0 Å². The highest BCUT2D eigenvalue weighted by Crippen LogP contribution is 2.14. The number of hydrogen-bond acceptors (Lipinski definition) is 1. The van der Waals surface area contributed by atoms with Crippen LogP contribution in [0.3, 0.4) is 0 Å². The van der Waals surface area contributed by atoms with Crippen molar-refractivity contribution in [3.63, 3.8) is 0 Å². The highest BCUT2D eigenvalue weighted by Gasteiger charge is 2.04. The molecule has 3 heteroatoms. The minimum Gasteiger partial charge on any atom is -0.288 e. The van der Waals surface area contributed by atoms with Crippen molar-refractivity contribution in [1.29, 1.82) is 0 Å². The molecule has 0 saturated heterocycles. The summed E-state index contributed by atoms with van der Waals surface area (Å²) in [5, 5.41) is 0. The maximum absolute atomic E-state index is 4.58. The van der Waals surface area contributed by atoms with E-state index in [1.807, 2.05) is 19.2 Å². The van der Waals surface area contributed by atoms with Crippen LogP contribution >= 0.6 is 0 Å². The fourth-order valence-corrected chi connectivity index (χ4v) is 3.05. The summed E-state index contributed by atoms with van der Waals surface area (Å²) in [4.78, 5) is 4.58. The Bertz CT molecular complexity index is 971. The molecule has 0 aliphatic heterocycles. The Hall–Kier alpha value is -3.20. The average Bonchev–Trinajstić information content (AvgIpc) is 2.73. The van der Waals surface area contributed by atoms with E-state index >= 15 is 0 Å². The molecule has 2 nitrogen and oxygen atoms in total. The number of benzene rings is 2. The molecule has 0 N–H and O–H groups in total. The van der Waals surface area contributed by atoms with Gasteiger partial charge < -0.3 is 0 Å². The van der Waals surface area contributed by atoms with E-state index in [1.54, 1.807) is 0 Å². The lowest BCUT2D eigenvalue weighted by Gasteiger charge is -2.03. The molecule has 0 unspecified atom stereocenters. The molecule has 0 atom stereocenters. The number of pyridine rings is 1. The van der Waals surface area contributed by atoms with Crippen molar-refractivity contribution in [2.24, 2.45) is 4.99 Å². The Balaban J connectivity index is 1.70. The van der Waals surface area contributed by atoms with E-state index in [-0.39, 0.29) is 0 Å². The molecule has 0 amide bonds. The molecule has 138 valence electrons. The van der Waals surface area contributed by atoms with Crippen LogP contribution in [0.2, 0.25) is 0 Å². The maximum Gasteiger partial charge on any atom is 0.173 e. The number of hydrogen-bond donors (Lipinski definition) is 0. The molecule has 2 aromatic carbocycles. The van der Waals surface area contributed by atoms with E-state index in [4.69, 9.17) is 0 Å². The Labute approximate surface area is 169 Å². The summed E-state index contributed by atoms with van der Waals surface area (Å²) in [6.07, 6.45) is 12.4. The predicted molar refractivity (Wildman–Crippen MR) is 122 cm³/mol. The van der Waals surface area contributed by atoms with Crippen LogP contribution in [-0.2, 0) is 13.1 Å². The normalized spacial score (nSPS) is 12.1. The Kier molecular flexibility index (Phi) is 7.14. The zero-order chi connectivity index (χ0) is 19.6. The van der Waals surface area contributed by atoms with Crippen molar-refractivity contribution in [1.82, 2.24) is 0 Å². The number of aromatic nitrogens is 1. The fraction of sp³-hybridized carbons (Fsp3) is 0.120. The van der Waals surface area contributed by atoms with Gasteiger partial charge in [0, 0.05) is 23.9 Å². The third kappa shape index (κ3) is 5.65. The lowest BCUT2D eigenvalue weighted by Crippen LogP contribution is -2.33. The van der Waals surface area contributed by atoms with E-state index in [0.717, 1.165) is 12.1 Å². The highest BCUT2D eigenvalue weighted by atomic mass is 14.9. The first kappa shape index (κ1) is 19.6. The second kappa shape index (κ2) is 10.2. The van der Waals surface area contributed by atoms with E-state index in [1.165, 1.54) is 22.2 Å². The third-order valence-electron chi connectivity index (χ3n) is 4.66. The number of nitrogens with zero attached hydrogens (tertiary/aromatic N) is 2. The highest BCUT2D eigenvalue weighted by molar-refractivity contribution is 6.33. The molecule has 0 spiro atoms. The maximum atomic E-state index is 4.58. The third-order valence-corrected chi connectivity index (χ3v) is 4.66. The van der Waals surface area contributed by atoms with Crippen LogP contribution in [0, 0.1) is 0 Å². The second-order valence-corrected chi connectivity index (χ2v) is 6.78. The van der Waals surface area contributed by atoms with E-state index < -0.39 is 0 Å². The van der Waals surface area contributed by atoms with E-state index in [0.29, 0.717) is 6.54 Å². The quantitative estimate of drug-likeness (QED) is 0.264. The molecule has 0 radical (unpaired) electrons. The summed E-state index contributed by atoms with van der Waals surface area (Å²) < 4.78 is 2.19. The largest absolute Gasteiger partial charge is 0.288 e. The van der Waals surface area contributed by atoms with Gasteiger partial charge in [0.25, 0.3) is 0 Å². The van der Waals surface area contributed by atoms with E-state index in [9.17, 15) is 0 Å². The van der Waals surface area contributed by atoms with Crippen LogP contribution in [0.5, 0.6) is 0 Å². The van der Waals surface area contributed by atoms with Gasteiger partial charge in [-0.3, -0.25) is 4.99 Å². The lowest BCUT2D eigenvalue weighted by molar-refractivity contribution is -0.688. The molecule has 28 heavy (non-hydrogen) atoms. The Morgan fingerprint density at radius 2 is 1.68 bits per heavy atom. The molecular weight excluding hydrogens is 339 g/mol. The predicted octanol–water partition coefficient (Wildman–Crippen LogP) is 3.51. The molecule has 0 fully saturated rings. The zero-order valence-electron chi connectivity index (χ0n) is 16.6. The van der Waals surface area contributed by atoms with Gasteiger partial charge in [0.05, 0.1) is 6.54 Å². The van der Waals surface area contributed by atoms with Crippen molar-refractivity contribution >= 4 is 25.1 Å². The summed E-state index contributed by atoms with van der Waals surface area (Å²) in [6.45, 7) is 3.62. The SMILES string of the molecule is Bc1ccccc1C/N=C/C=C(\C=C/C)c1cc[n+](Cc2ccccc2)cc1. The van der Waals surface area contributed by atoms with Crippen LogP contribution in [0.1, 0.15) is 23.6 Å². The summed E-state index contributed by atoms with van der Waals surface area (Å²) in [5.74, 6) is 0. The van der Waals surface area contributed by atoms with Gasteiger partial charge >= 0.3 is 0 Å². The van der Waals surface area contributed by atoms with Crippen molar-refractivity contribution in [3.05, 3.63) is 114 Å². The van der Waals surface area contributed by atoms with Gasteiger partial charge in [0.2, 0.25) is 0 Å². The van der Waals surface area contributed by atoms with Crippen molar-refractivity contribution in [3.8, 4) is 0 Å². The smallest absolute Gasteiger partial charge is 0.173 e. The average molecular weight is 365 g/mol. The van der Waals surface area contributed by atoms with Crippen LogP contribution in [0.4, 0.5) is 0 Å². The topological polar surface area (TPSA) is 16.2 Å². The summed E-state index contributed by atoms with van der Waals surface area (Å²) >= 11 is 0. The van der Waals surface area contributed by atoms with Gasteiger partial charge in [0.1, 0.15) is 7.85 Å². The van der Waals surface area contributed by atoms with Crippen molar-refractivity contribution in [2.45, 2.75) is 20.0 Å². The molecule has 3 rings (SSSR count). The first-order chi connectivity index (χ1) is 13.8. The molecule has 0 aliphatic carbocycles. The van der Waals surface area contributed by atoms with Gasteiger partial charge in [0.15, 0.2) is 18.9 Å². The molecule has 0 bridgehead atoms. The van der Waals surface area contributed by atoms with Gasteiger partial charge in [-0.1, -0.05) is 72.2 Å². The Morgan fingerprint density at radius 3 is 2.39 bits per heavy atom. The van der Waals surface area contributed by atoms with Crippen LogP contribution < -0.4 is 10.0 Å². The van der Waals surface area contributed by atoms with Gasteiger partial charge in [-0.05, 0) is 29.7 Å². The van der Waals surface area contributed by atoms with E-state index in [2.05, 4.69) is 109 Å². The van der Waals surface area contributed by atoms with Gasteiger partial charge in [-0.25, -0.2) is 4.57 Å². The zero-order valence-corrected chi connectivity index (χ0v) is 16.6. The van der Waals surface area contributed by atoms with Crippen molar-refractivity contribution < 1.29 is 4.57 Å². The molecule has 0 saturated carbocycles. The number of aliphatic imine (C=N–C) groups is 1. The first-order valence-electron chi connectivity index (χ1n) is 9.67. The minimum absolute atomic E-state index is 0.707. The van der Waals surface area contributed by atoms with Gasteiger partial charge in [-0.2, -0.15) is 0 Å².